The minimum Gasteiger partial charge on any atom is -0.486 e. The van der Waals surface area contributed by atoms with Gasteiger partial charge in [0.25, 0.3) is 5.91 Å². The van der Waals surface area contributed by atoms with Crippen molar-refractivity contribution in [3.05, 3.63) is 101 Å². The minimum atomic E-state index is -0.00975. The van der Waals surface area contributed by atoms with Gasteiger partial charge in [0.1, 0.15) is 18.0 Å². The Hall–Kier alpha value is -4.15. The highest BCUT2D eigenvalue weighted by Gasteiger charge is 2.24. The molecule has 1 saturated heterocycles. The molecule has 35 heavy (non-hydrogen) atoms. The third kappa shape index (κ3) is 5.03. The third-order valence-corrected chi connectivity index (χ3v) is 6.37. The highest BCUT2D eigenvalue weighted by molar-refractivity contribution is 5.97. The molecule has 0 atom stereocenters. The number of ether oxygens (including phenoxy) is 1. The average molecular weight is 466 g/mol. The molecule has 176 valence electrons. The summed E-state index contributed by atoms with van der Waals surface area (Å²) in [7, 11) is 0. The lowest BCUT2D eigenvalue weighted by molar-refractivity contribution is 0.0624. The second kappa shape index (κ2) is 10.00. The predicted molar refractivity (Wildman–Crippen MR) is 133 cm³/mol. The number of rotatable bonds is 6. The van der Waals surface area contributed by atoms with Gasteiger partial charge in [-0.3, -0.25) is 9.69 Å². The molecule has 1 amide bonds. The third-order valence-electron chi connectivity index (χ3n) is 6.37. The van der Waals surface area contributed by atoms with E-state index in [1.165, 1.54) is 5.56 Å². The van der Waals surface area contributed by atoms with E-state index in [1.54, 1.807) is 0 Å². The summed E-state index contributed by atoms with van der Waals surface area (Å²) in [6, 6.07) is 21.3. The van der Waals surface area contributed by atoms with E-state index in [1.807, 2.05) is 89.3 Å². The van der Waals surface area contributed by atoms with E-state index in [2.05, 4.69) is 16.0 Å². The zero-order valence-corrected chi connectivity index (χ0v) is 19.7. The van der Waals surface area contributed by atoms with Gasteiger partial charge in [-0.15, -0.1) is 0 Å². The molecule has 0 spiro atoms. The standard InChI is InChI=1S/C28H27N5O2/c1-21-5-4-12-33-19-24(30-27(21)33)20-35-26-7-3-2-6-25(26)28(34)32-15-13-31(14-16-32)18-23-10-8-22(17-29)9-11-23/h2-12,19H,13-16,18,20H2,1H3. The van der Waals surface area contributed by atoms with Crippen LogP contribution in [0.1, 0.15) is 32.7 Å². The molecule has 0 bridgehead atoms. The average Bonchev–Trinajstić information content (AvgIpc) is 3.33. The van der Waals surface area contributed by atoms with E-state index < -0.39 is 0 Å². The summed E-state index contributed by atoms with van der Waals surface area (Å²) < 4.78 is 8.06. The summed E-state index contributed by atoms with van der Waals surface area (Å²) in [6.45, 7) is 6.07. The summed E-state index contributed by atoms with van der Waals surface area (Å²) in [5.74, 6) is 0.566. The second-order valence-electron chi connectivity index (χ2n) is 8.82. The van der Waals surface area contributed by atoms with Gasteiger partial charge in [-0.25, -0.2) is 4.98 Å². The fourth-order valence-corrected chi connectivity index (χ4v) is 4.42. The Balaban J connectivity index is 1.21. The summed E-state index contributed by atoms with van der Waals surface area (Å²) in [5.41, 5.74) is 5.25. The van der Waals surface area contributed by atoms with Gasteiger partial charge in [-0.05, 0) is 48.4 Å². The number of imidazole rings is 1. The summed E-state index contributed by atoms with van der Waals surface area (Å²) >= 11 is 0. The van der Waals surface area contributed by atoms with Crippen molar-refractivity contribution < 1.29 is 9.53 Å². The second-order valence-corrected chi connectivity index (χ2v) is 8.82. The Morgan fingerprint density at radius 3 is 2.54 bits per heavy atom. The minimum absolute atomic E-state index is 0.00975. The van der Waals surface area contributed by atoms with Crippen molar-refractivity contribution in [2.24, 2.45) is 0 Å². The van der Waals surface area contributed by atoms with Gasteiger partial charge >= 0.3 is 0 Å². The fourth-order valence-electron chi connectivity index (χ4n) is 4.42. The predicted octanol–water partition coefficient (Wildman–Crippen LogP) is 4.05. The van der Waals surface area contributed by atoms with Crippen molar-refractivity contribution in [3.8, 4) is 11.8 Å². The van der Waals surface area contributed by atoms with Crippen LogP contribution in [0.15, 0.2) is 73.1 Å². The van der Waals surface area contributed by atoms with Gasteiger partial charge in [0.15, 0.2) is 0 Å². The molecular weight excluding hydrogens is 438 g/mol. The molecule has 4 aromatic rings. The number of para-hydroxylation sites is 1. The smallest absolute Gasteiger partial charge is 0.257 e. The highest BCUT2D eigenvalue weighted by atomic mass is 16.5. The van der Waals surface area contributed by atoms with Crippen LogP contribution in [0.25, 0.3) is 5.65 Å². The first-order valence-corrected chi connectivity index (χ1v) is 11.8. The zero-order chi connectivity index (χ0) is 24.2. The van der Waals surface area contributed by atoms with Crippen LogP contribution in [0.4, 0.5) is 0 Å². The van der Waals surface area contributed by atoms with Crippen LogP contribution in [0.2, 0.25) is 0 Å². The van der Waals surface area contributed by atoms with Gasteiger partial charge in [0, 0.05) is 45.1 Å². The number of fused-ring (bicyclic) bond motifs is 1. The Morgan fingerprint density at radius 2 is 1.80 bits per heavy atom. The SMILES string of the molecule is Cc1cccn2cc(COc3ccccc3C(=O)N3CCN(Cc4ccc(C#N)cc4)CC3)nc12. The lowest BCUT2D eigenvalue weighted by Gasteiger charge is -2.35. The molecule has 7 nitrogen and oxygen atoms in total. The Kier molecular flexibility index (Phi) is 6.47. The van der Waals surface area contributed by atoms with E-state index >= 15 is 0 Å². The summed E-state index contributed by atoms with van der Waals surface area (Å²) in [5, 5.41) is 8.97. The van der Waals surface area contributed by atoms with Gasteiger partial charge in [-0.2, -0.15) is 5.26 Å². The van der Waals surface area contributed by atoms with E-state index in [4.69, 9.17) is 10.00 Å². The van der Waals surface area contributed by atoms with Crippen molar-refractivity contribution in [2.75, 3.05) is 26.2 Å². The number of carbonyl (C=O) groups excluding carboxylic acids is 1. The number of hydrogen-bond donors (Lipinski definition) is 0. The first-order valence-electron chi connectivity index (χ1n) is 11.8. The van der Waals surface area contributed by atoms with E-state index in [-0.39, 0.29) is 5.91 Å². The Bertz CT molecular complexity index is 1380. The number of benzene rings is 2. The first-order chi connectivity index (χ1) is 17.1. The van der Waals surface area contributed by atoms with Crippen molar-refractivity contribution in [1.29, 1.82) is 5.26 Å². The van der Waals surface area contributed by atoms with E-state index in [0.717, 1.165) is 36.5 Å². The summed E-state index contributed by atoms with van der Waals surface area (Å²) in [4.78, 5) is 22.2. The van der Waals surface area contributed by atoms with Crippen LogP contribution in [0, 0.1) is 18.3 Å². The number of nitriles is 1. The van der Waals surface area contributed by atoms with Gasteiger partial charge < -0.3 is 14.0 Å². The van der Waals surface area contributed by atoms with E-state index in [9.17, 15) is 4.79 Å². The van der Waals surface area contributed by atoms with Crippen LogP contribution in [0.5, 0.6) is 5.75 Å². The van der Waals surface area contributed by atoms with Gasteiger partial charge in [0.2, 0.25) is 0 Å². The summed E-state index contributed by atoms with van der Waals surface area (Å²) in [6.07, 6.45) is 3.93. The number of hydrogen-bond acceptors (Lipinski definition) is 5. The molecule has 0 radical (unpaired) electrons. The largest absolute Gasteiger partial charge is 0.486 e. The molecule has 0 saturated carbocycles. The maximum atomic E-state index is 13.3. The molecule has 1 aliphatic heterocycles. The maximum Gasteiger partial charge on any atom is 0.257 e. The van der Waals surface area contributed by atoms with Gasteiger partial charge in [-0.1, -0.05) is 30.3 Å². The molecule has 1 fully saturated rings. The molecule has 5 rings (SSSR count). The van der Waals surface area contributed by atoms with Gasteiger partial charge in [0.05, 0.1) is 22.9 Å². The lowest BCUT2D eigenvalue weighted by Crippen LogP contribution is -2.48. The Labute approximate surface area is 204 Å². The van der Waals surface area contributed by atoms with Crippen LogP contribution >= 0.6 is 0 Å². The molecular formula is C28H27N5O2. The molecule has 0 unspecified atom stereocenters. The highest BCUT2D eigenvalue weighted by Crippen LogP contribution is 2.22. The van der Waals surface area contributed by atoms with Crippen molar-refractivity contribution in [1.82, 2.24) is 19.2 Å². The molecule has 2 aromatic carbocycles. The first kappa shape index (κ1) is 22.6. The van der Waals surface area contributed by atoms with Crippen LogP contribution < -0.4 is 4.74 Å². The molecule has 0 N–H and O–H groups in total. The quantitative estimate of drug-likeness (QED) is 0.430. The number of amides is 1. The molecule has 3 heterocycles. The number of aromatic nitrogens is 2. The number of nitrogens with zero attached hydrogens (tertiary/aromatic N) is 5. The number of aryl methyl sites for hydroxylation is 1. The number of pyridine rings is 1. The number of carbonyl (C=O) groups is 1. The molecule has 1 aliphatic rings. The topological polar surface area (TPSA) is 73.9 Å². The van der Waals surface area contributed by atoms with Crippen LogP contribution in [0.3, 0.4) is 0 Å². The van der Waals surface area contributed by atoms with E-state index in [0.29, 0.717) is 36.6 Å². The van der Waals surface area contributed by atoms with Crippen molar-refractivity contribution in [3.63, 3.8) is 0 Å². The Morgan fingerprint density at radius 1 is 1.03 bits per heavy atom. The normalized spacial score (nSPS) is 14.1. The molecule has 0 aliphatic carbocycles. The van der Waals surface area contributed by atoms with Crippen LogP contribution in [-0.4, -0.2) is 51.3 Å². The lowest BCUT2D eigenvalue weighted by atomic mass is 10.1. The molecule has 7 heteroatoms. The monoisotopic (exact) mass is 465 g/mol. The molecule has 2 aromatic heterocycles. The number of piperazine rings is 1. The zero-order valence-electron chi connectivity index (χ0n) is 19.7. The van der Waals surface area contributed by atoms with Crippen molar-refractivity contribution in [2.45, 2.75) is 20.1 Å². The van der Waals surface area contributed by atoms with Crippen molar-refractivity contribution >= 4 is 11.6 Å². The van der Waals surface area contributed by atoms with Crippen LogP contribution in [-0.2, 0) is 13.2 Å². The maximum absolute atomic E-state index is 13.3. The fraction of sp³-hybridized carbons (Fsp3) is 0.250.